The topological polar surface area (TPSA) is 68.5 Å². The van der Waals surface area contributed by atoms with Crippen molar-refractivity contribution in [2.45, 2.75) is 52.0 Å². The van der Waals surface area contributed by atoms with Gasteiger partial charge in [-0.15, -0.1) is 0 Å². The molecule has 0 aliphatic heterocycles. The van der Waals surface area contributed by atoms with Gasteiger partial charge in [-0.2, -0.15) is 0 Å². The number of unbranched alkanes of at least 4 members (excludes halogenated alkanes) is 5. The summed E-state index contributed by atoms with van der Waals surface area (Å²) in [6, 6.07) is 5.22. The first-order valence-electron chi connectivity index (χ1n) is 8.53. The van der Waals surface area contributed by atoms with Crippen LogP contribution in [0.3, 0.4) is 0 Å². The quantitative estimate of drug-likeness (QED) is 0.703. The molecule has 0 atom stereocenters. The normalized spacial score (nSPS) is 10.9. The van der Waals surface area contributed by atoms with Gasteiger partial charge in [0.2, 0.25) is 5.43 Å². The van der Waals surface area contributed by atoms with E-state index in [2.05, 4.69) is 6.92 Å². The highest BCUT2D eigenvalue weighted by molar-refractivity contribution is 5.92. The van der Waals surface area contributed by atoms with Crippen molar-refractivity contribution in [2.24, 2.45) is 0 Å². The van der Waals surface area contributed by atoms with E-state index in [1.165, 1.54) is 39.0 Å². The van der Waals surface area contributed by atoms with Crippen LogP contribution in [0.1, 0.15) is 55.8 Å². The van der Waals surface area contributed by atoms with Gasteiger partial charge in [0.1, 0.15) is 11.3 Å². The van der Waals surface area contributed by atoms with E-state index in [9.17, 15) is 14.7 Å². The Morgan fingerprint density at radius 3 is 2.54 bits per heavy atom. The lowest BCUT2D eigenvalue weighted by molar-refractivity contribution is 0.0695. The Morgan fingerprint density at radius 2 is 1.88 bits per heavy atom. The summed E-state index contributed by atoms with van der Waals surface area (Å²) in [5.74, 6) is -0.644. The van der Waals surface area contributed by atoms with Crippen molar-refractivity contribution in [3.63, 3.8) is 0 Å². The monoisotopic (exact) mass is 331 g/mol. The predicted molar refractivity (Wildman–Crippen MR) is 95.1 cm³/mol. The number of carboxylic acid groups (broad SMARTS) is 1. The summed E-state index contributed by atoms with van der Waals surface area (Å²) < 4.78 is 7.03. The molecule has 0 fully saturated rings. The van der Waals surface area contributed by atoms with Crippen molar-refractivity contribution in [1.29, 1.82) is 0 Å². The van der Waals surface area contributed by atoms with Crippen molar-refractivity contribution >= 4 is 16.9 Å². The Labute approximate surface area is 141 Å². The summed E-state index contributed by atoms with van der Waals surface area (Å²) in [5, 5.41) is 9.69. The molecule has 1 aromatic heterocycles. The summed E-state index contributed by atoms with van der Waals surface area (Å²) in [4.78, 5) is 23.8. The number of aromatic carboxylic acids is 1. The number of fused-ring (bicyclic) bond motifs is 1. The van der Waals surface area contributed by atoms with E-state index < -0.39 is 11.4 Å². The molecular weight excluding hydrogens is 306 g/mol. The molecule has 5 nitrogen and oxygen atoms in total. The van der Waals surface area contributed by atoms with Gasteiger partial charge in [-0.3, -0.25) is 4.79 Å². The number of hydrogen-bond donors (Lipinski definition) is 1. The maximum atomic E-state index is 12.4. The minimum Gasteiger partial charge on any atom is -0.497 e. The molecule has 2 aromatic rings. The van der Waals surface area contributed by atoms with Crippen LogP contribution >= 0.6 is 0 Å². The van der Waals surface area contributed by atoms with Gasteiger partial charge in [-0.25, -0.2) is 4.79 Å². The van der Waals surface area contributed by atoms with Crippen LogP contribution in [0.4, 0.5) is 0 Å². The molecule has 0 bridgehead atoms. The second kappa shape index (κ2) is 8.52. The van der Waals surface area contributed by atoms with E-state index in [-0.39, 0.29) is 5.56 Å². The summed E-state index contributed by atoms with van der Waals surface area (Å²) in [7, 11) is 1.52. The van der Waals surface area contributed by atoms with Crippen molar-refractivity contribution in [3.8, 4) is 5.75 Å². The first-order chi connectivity index (χ1) is 11.6. The maximum Gasteiger partial charge on any atom is 0.341 e. The minimum absolute atomic E-state index is 0.193. The zero-order valence-electron chi connectivity index (χ0n) is 14.4. The number of carbonyl (C=O) groups is 1. The zero-order valence-corrected chi connectivity index (χ0v) is 14.4. The van der Waals surface area contributed by atoms with Gasteiger partial charge in [-0.1, -0.05) is 39.0 Å². The van der Waals surface area contributed by atoms with Gasteiger partial charge < -0.3 is 14.4 Å². The molecule has 5 heteroatoms. The molecule has 0 saturated carbocycles. The maximum absolute atomic E-state index is 12.4. The molecule has 24 heavy (non-hydrogen) atoms. The molecule has 1 heterocycles. The summed E-state index contributed by atoms with van der Waals surface area (Å²) in [5.41, 5.74) is 0.0942. The Kier molecular flexibility index (Phi) is 6.41. The summed E-state index contributed by atoms with van der Waals surface area (Å²) in [6.45, 7) is 2.89. The third-order valence-electron chi connectivity index (χ3n) is 4.27. The van der Waals surface area contributed by atoms with Crippen LogP contribution in [0.15, 0.2) is 29.2 Å². The van der Waals surface area contributed by atoms with E-state index in [1.54, 1.807) is 12.1 Å². The van der Waals surface area contributed by atoms with Crippen molar-refractivity contribution in [1.82, 2.24) is 4.57 Å². The van der Waals surface area contributed by atoms with Crippen LogP contribution in [-0.4, -0.2) is 22.8 Å². The highest BCUT2D eigenvalue weighted by Gasteiger charge is 2.15. The first kappa shape index (κ1) is 18.0. The number of pyridine rings is 1. The van der Waals surface area contributed by atoms with E-state index >= 15 is 0 Å². The van der Waals surface area contributed by atoms with Crippen LogP contribution in [0, 0.1) is 0 Å². The van der Waals surface area contributed by atoms with Crippen LogP contribution in [-0.2, 0) is 6.54 Å². The highest BCUT2D eigenvalue weighted by Crippen LogP contribution is 2.20. The van der Waals surface area contributed by atoms with Gasteiger partial charge in [-0.05, 0) is 24.6 Å². The van der Waals surface area contributed by atoms with Gasteiger partial charge in [0.15, 0.2) is 0 Å². The Hall–Kier alpha value is -2.30. The lowest BCUT2D eigenvalue weighted by Gasteiger charge is -2.13. The minimum atomic E-state index is -1.19. The third-order valence-corrected chi connectivity index (χ3v) is 4.27. The molecule has 0 saturated heterocycles. The number of aryl methyl sites for hydroxylation is 1. The molecule has 0 unspecified atom stereocenters. The van der Waals surface area contributed by atoms with Gasteiger partial charge >= 0.3 is 5.97 Å². The molecule has 2 rings (SSSR count). The third kappa shape index (κ3) is 4.16. The van der Waals surface area contributed by atoms with E-state index in [4.69, 9.17) is 4.74 Å². The van der Waals surface area contributed by atoms with Gasteiger partial charge in [0.25, 0.3) is 0 Å². The molecule has 0 aliphatic rings. The van der Waals surface area contributed by atoms with Crippen molar-refractivity contribution < 1.29 is 14.6 Å². The average molecular weight is 331 g/mol. The number of rotatable bonds is 9. The van der Waals surface area contributed by atoms with Crippen molar-refractivity contribution in [3.05, 3.63) is 40.2 Å². The standard InChI is InChI=1S/C19H25NO4/c1-3-4-5-6-7-8-11-20-13-16(19(22)23)18(21)15-12-14(24-2)9-10-17(15)20/h9-10,12-13H,3-8,11H2,1-2H3,(H,22,23). The number of hydrogen-bond acceptors (Lipinski definition) is 3. The van der Waals surface area contributed by atoms with Gasteiger partial charge in [0, 0.05) is 12.7 Å². The fraction of sp³-hybridized carbons (Fsp3) is 0.474. The highest BCUT2D eigenvalue weighted by atomic mass is 16.5. The summed E-state index contributed by atoms with van der Waals surface area (Å²) in [6.07, 6.45) is 8.42. The number of methoxy groups -OCH3 is 1. The Morgan fingerprint density at radius 1 is 1.17 bits per heavy atom. The van der Waals surface area contributed by atoms with Crippen LogP contribution in [0.25, 0.3) is 10.9 Å². The fourth-order valence-electron chi connectivity index (χ4n) is 2.90. The SMILES string of the molecule is CCCCCCCCn1cc(C(=O)O)c(=O)c2cc(OC)ccc21. The molecule has 0 radical (unpaired) electrons. The Balaban J connectivity index is 2.29. The number of benzene rings is 1. The summed E-state index contributed by atoms with van der Waals surface area (Å²) >= 11 is 0. The second-order valence-electron chi connectivity index (χ2n) is 6.02. The Bertz CT molecular complexity index is 764. The average Bonchev–Trinajstić information content (AvgIpc) is 2.59. The first-order valence-corrected chi connectivity index (χ1v) is 8.53. The van der Waals surface area contributed by atoms with Gasteiger partial charge in [0.05, 0.1) is 18.0 Å². The largest absolute Gasteiger partial charge is 0.497 e. The van der Waals surface area contributed by atoms with E-state index in [1.807, 2.05) is 10.6 Å². The lowest BCUT2D eigenvalue weighted by Crippen LogP contribution is -2.19. The van der Waals surface area contributed by atoms with E-state index in [0.717, 1.165) is 18.4 Å². The van der Waals surface area contributed by atoms with Crippen LogP contribution in [0.5, 0.6) is 5.75 Å². The molecular formula is C19H25NO4. The fourth-order valence-corrected chi connectivity index (χ4v) is 2.90. The van der Waals surface area contributed by atoms with Crippen LogP contribution in [0.2, 0.25) is 0 Å². The lowest BCUT2D eigenvalue weighted by atomic mass is 10.1. The molecule has 130 valence electrons. The molecule has 1 N–H and O–H groups in total. The number of nitrogens with zero attached hydrogens (tertiary/aromatic N) is 1. The molecule has 0 spiro atoms. The predicted octanol–water partition coefficient (Wildman–Crippen LogP) is 4.07. The number of aromatic nitrogens is 1. The smallest absolute Gasteiger partial charge is 0.341 e. The van der Waals surface area contributed by atoms with E-state index in [0.29, 0.717) is 17.7 Å². The van der Waals surface area contributed by atoms with Crippen molar-refractivity contribution in [2.75, 3.05) is 7.11 Å². The molecule has 0 aliphatic carbocycles. The molecule has 0 amide bonds. The number of carboxylic acids is 1. The zero-order chi connectivity index (χ0) is 17.5. The second-order valence-corrected chi connectivity index (χ2v) is 6.02. The van der Waals surface area contributed by atoms with Crippen LogP contribution < -0.4 is 10.2 Å². The number of ether oxygens (including phenoxy) is 1. The molecule has 1 aromatic carbocycles.